The molecule has 2 rings (SSSR count). The van der Waals surface area contributed by atoms with Crippen molar-refractivity contribution in [3.63, 3.8) is 0 Å². The van der Waals surface area contributed by atoms with Crippen LogP contribution in [0.25, 0.3) is 5.69 Å². The molecule has 1 aromatic heterocycles. The van der Waals surface area contributed by atoms with E-state index in [9.17, 15) is 13.2 Å². The van der Waals surface area contributed by atoms with Gasteiger partial charge in [-0.2, -0.15) is 0 Å². The SMILES string of the molecule is Cc1cn(-c2ccc(F)c(F)c2F)c(NCC(C)C)n1. The van der Waals surface area contributed by atoms with Gasteiger partial charge in [0.2, 0.25) is 5.95 Å². The Bertz CT molecular complexity index is 620. The van der Waals surface area contributed by atoms with Crippen molar-refractivity contribution in [3.05, 3.63) is 41.5 Å². The van der Waals surface area contributed by atoms with Crippen LogP contribution in [0.2, 0.25) is 0 Å². The van der Waals surface area contributed by atoms with Crippen molar-refractivity contribution in [1.82, 2.24) is 9.55 Å². The van der Waals surface area contributed by atoms with E-state index in [1.807, 2.05) is 13.8 Å². The van der Waals surface area contributed by atoms with Gasteiger partial charge >= 0.3 is 0 Å². The zero-order chi connectivity index (χ0) is 14.9. The zero-order valence-electron chi connectivity index (χ0n) is 11.5. The highest BCUT2D eigenvalue weighted by molar-refractivity contribution is 5.44. The minimum absolute atomic E-state index is 0.0734. The number of aromatic nitrogens is 2. The van der Waals surface area contributed by atoms with Crippen LogP contribution in [0, 0.1) is 30.3 Å². The van der Waals surface area contributed by atoms with Crippen LogP contribution in [-0.4, -0.2) is 16.1 Å². The number of aryl methyl sites for hydroxylation is 1. The van der Waals surface area contributed by atoms with E-state index in [0.717, 1.165) is 6.07 Å². The lowest BCUT2D eigenvalue weighted by Crippen LogP contribution is -2.13. The summed E-state index contributed by atoms with van der Waals surface area (Å²) in [5, 5.41) is 3.06. The van der Waals surface area contributed by atoms with Gasteiger partial charge in [-0.1, -0.05) is 13.8 Å². The Morgan fingerprint density at radius 2 is 1.90 bits per heavy atom. The minimum atomic E-state index is -1.48. The summed E-state index contributed by atoms with van der Waals surface area (Å²) in [6.07, 6.45) is 1.57. The Kier molecular flexibility index (Phi) is 4.01. The standard InChI is InChI=1S/C14H16F3N3/c1-8(2)6-18-14-19-9(3)7-20(14)11-5-4-10(15)12(16)13(11)17/h4-5,7-8H,6H2,1-3H3,(H,18,19). The Hall–Kier alpha value is -1.98. The lowest BCUT2D eigenvalue weighted by molar-refractivity contribution is 0.445. The van der Waals surface area contributed by atoms with Gasteiger partial charge in [-0.3, -0.25) is 4.57 Å². The molecule has 0 saturated carbocycles. The van der Waals surface area contributed by atoms with Crippen molar-refractivity contribution in [2.24, 2.45) is 5.92 Å². The molecular weight excluding hydrogens is 267 g/mol. The molecule has 1 N–H and O–H groups in total. The number of hydrogen-bond acceptors (Lipinski definition) is 2. The molecule has 108 valence electrons. The van der Waals surface area contributed by atoms with E-state index in [1.165, 1.54) is 10.6 Å². The lowest BCUT2D eigenvalue weighted by atomic mass is 10.2. The van der Waals surface area contributed by atoms with Crippen LogP contribution in [-0.2, 0) is 0 Å². The van der Waals surface area contributed by atoms with Crippen LogP contribution >= 0.6 is 0 Å². The molecule has 0 unspecified atom stereocenters. The second-order valence-corrected chi connectivity index (χ2v) is 5.05. The van der Waals surface area contributed by atoms with E-state index in [-0.39, 0.29) is 5.69 Å². The highest BCUT2D eigenvalue weighted by atomic mass is 19.2. The van der Waals surface area contributed by atoms with Crippen LogP contribution in [0.4, 0.5) is 19.1 Å². The Morgan fingerprint density at radius 3 is 2.55 bits per heavy atom. The highest BCUT2D eigenvalue weighted by Gasteiger charge is 2.17. The second kappa shape index (κ2) is 5.56. The maximum absolute atomic E-state index is 13.8. The summed E-state index contributed by atoms with van der Waals surface area (Å²) in [5.74, 6) is -3.14. The third-order valence-electron chi connectivity index (χ3n) is 2.77. The molecule has 0 bridgehead atoms. The topological polar surface area (TPSA) is 29.9 Å². The minimum Gasteiger partial charge on any atom is -0.355 e. The summed E-state index contributed by atoms with van der Waals surface area (Å²) in [6.45, 7) is 6.42. The third-order valence-corrected chi connectivity index (χ3v) is 2.77. The van der Waals surface area contributed by atoms with Gasteiger partial charge in [-0.15, -0.1) is 0 Å². The summed E-state index contributed by atoms with van der Waals surface area (Å²) in [6, 6.07) is 2.09. The fourth-order valence-corrected chi connectivity index (χ4v) is 1.80. The first-order valence-corrected chi connectivity index (χ1v) is 6.34. The van der Waals surface area contributed by atoms with Crippen molar-refractivity contribution in [2.45, 2.75) is 20.8 Å². The predicted molar refractivity (Wildman–Crippen MR) is 71.5 cm³/mol. The molecule has 2 aromatic rings. The van der Waals surface area contributed by atoms with Gasteiger partial charge in [0.1, 0.15) is 0 Å². The maximum atomic E-state index is 13.8. The number of nitrogens with one attached hydrogen (secondary N) is 1. The largest absolute Gasteiger partial charge is 0.355 e. The predicted octanol–water partition coefficient (Wildman–Crippen LogP) is 3.67. The van der Waals surface area contributed by atoms with Gasteiger partial charge in [-0.25, -0.2) is 18.2 Å². The summed E-state index contributed by atoms with van der Waals surface area (Å²) in [4.78, 5) is 4.22. The Balaban J connectivity index is 2.45. The normalized spacial score (nSPS) is 11.2. The maximum Gasteiger partial charge on any atom is 0.207 e. The quantitative estimate of drug-likeness (QED) is 0.868. The average Bonchev–Trinajstić information content (AvgIpc) is 2.75. The monoisotopic (exact) mass is 283 g/mol. The van der Waals surface area contributed by atoms with Crippen molar-refractivity contribution >= 4 is 5.95 Å². The number of benzene rings is 1. The number of imidazole rings is 1. The molecule has 20 heavy (non-hydrogen) atoms. The van der Waals surface area contributed by atoms with E-state index in [4.69, 9.17) is 0 Å². The molecule has 3 nitrogen and oxygen atoms in total. The molecule has 0 radical (unpaired) electrons. The average molecular weight is 283 g/mol. The number of halogens is 3. The van der Waals surface area contributed by atoms with E-state index in [1.54, 1.807) is 13.1 Å². The Morgan fingerprint density at radius 1 is 1.20 bits per heavy atom. The number of hydrogen-bond donors (Lipinski definition) is 1. The van der Waals surface area contributed by atoms with Crippen LogP contribution in [0.15, 0.2) is 18.3 Å². The molecule has 1 heterocycles. The molecule has 0 aliphatic carbocycles. The van der Waals surface area contributed by atoms with Crippen LogP contribution < -0.4 is 5.32 Å². The third kappa shape index (κ3) is 2.79. The lowest BCUT2D eigenvalue weighted by Gasteiger charge is -2.12. The molecule has 0 amide bonds. The summed E-state index contributed by atoms with van der Waals surface area (Å²) < 4.78 is 41.5. The van der Waals surface area contributed by atoms with E-state index < -0.39 is 17.5 Å². The van der Waals surface area contributed by atoms with Crippen molar-refractivity contribution in [1.29, 1.82) is 0 Å². The summed E-state index contributed by atoms with van der Waals surface area (Å²) in [5.41, 5.74) is 0.580. The zero-order valence-corrected chi connectivity index (χ0v) is 11.5. The first kappa shape index (κ1) is 14.4. The molecule has 0 saturated heterocycles. The molecule has 6 heteroatoms. The van der Waals surface area contributed by atoms with Crippen LogP contribution in [0.1, 0.15) is 19.5 Å². The van der Waals surface area contributed by atoms with Gasteiger partial charge < -0.3 is 5.32 Å². The smallest absolute Gasteiger partial charge is 0.207 e. The fraction of sp³-hybridized carbons (Fsp3) is 0.357. The van der Waals surface area contributed by atoms with Gasteiger partial charge in [0.05, 0.1) is 11.4 Å². The first-order chi connectivity index (χ1) is 9.40. The van der Waals surface area contributed by atoms with Gasteiger partial charge in [0, 0.05) is 12.7 Å². The number of anilines is 1. The molecule has 1 aromatic carbocycles. The van der Waals surface area contributed by atoms with Crippen molar-refractivity contribution in [3.8, 4) is 5.69 Å². The molecule has 0 spiro atoms. The van der Waals surface area contributed by atoms with E-state index in [2.05, 4.69) is 10.3 Å². The van der Waals surface area contributed by atoms with Gasteiger partial charge in [-0.05, 0) is 25.0 Å². The van der Waals surface area contributed by atoms with Gasteiger partial charge in [0.15, 0.2) is 17.5 Å². The van der Waals surface area contributed by atoms with Gasteiger partial charge in [0.25, 0.3) is 0 Å². The summed E-state index contributed by atoms with van der Waals surface area (Å²) in [7, 11) is 0. The number of rotatable bonds is 4. The molecule has 0 atom stereocenters. The summed E-state index contributed by atoms with van der Waals surface area (Å²) >= 11 is 0. The highest BCUT2D eigenvalue weighted by Crippen LogP contribution is 2.23. The Labute approximate surface area is 115 Å². The second-order valence-electron chi connectivity index (χ2n) is 5.05. The first-order valence-electron chi connectivity index (χ1n) is 6.34. The molecular formula is C14H16F3N3. The van der Waals surface area contributed by atoms with Crippen LogP contribution in [0.5, 0.6) is 0 Å². The molecule has 0 fully saturated rings. The van der Waals surface area contributed by atoms with Crippen molar-refractivity contribution in [2.75, 3.05) is 11.9 Å². The van der Waals surface area contributed by atoms with Crippen molar-refractivity contribution < 1.29 is 13.2 Å². The number of nitrogens with zero attached hydrogens (tertiary/aromatic N) is 2. The van der Waals surface area contributed by atoms with E-state index >= 15 is 0 Å². The fourth-order valence-electron chi connectivity index (χ4n) is 1.80. The van der Waals surface area contributed by atoms with E-state index in [0.29, 0.717) is 24.1 Å². The van der Waals surface area contributed by atoms with Crippen LogP contribution in [0.3, 0.4) is 0 Å². The molecule has 0 aliphatic rings. The molecule has 0 aliphatic heterocycles.